The van der Waals surface area contributed by atoms with Crippen LogP contribution < -0.4 is 5.43 Å². The molecule has 3 aromatic rings. The van der Waals surface area contributed by atoms with Crippen molar-refractivity contribution in [2.45, 2.75) is 36.8 Å². The third kappa shape index (κ3) is 5.49. The second kappa shape index (κ2) is 9.75. The van der Waals surface area contributed by atoms with Crippen molar-refractivity contribution in [3.05, 3.63) is 87.0 Å². The molecule has 0 saturated carbocycles. The summed E-state index contributed by atoms with van der Waals surface area (Å²) in [5.41, 5.74) is 2.31. The highest BCUT2D eigenvalue weighted by Crippen LogP contribution is 2.35. The molecule has 0 saturated heterocycles. The molecule has 2 N–H and O–H groups in total. The molecule has 0 aliphatic carbocycles. The first-order valence-corrected chi connectivity index (χ1v) is 10.7. The number of phenols is 1. The molecule has 0 aliphatic rings. The van der Waals surface area contributed by atoms with Crippen molar-refractivity contribution >= 4 is 17.7 Å². The maximum Gasteiger partial charge on any atom is 0.306 e. The van der Waals surface area contributed by atoms with Gasteiger partial charge in [0.2, 0.25) is 11.2 Å². The number of esters is 1. The molecule has 0 bridgehead atoms. The highest BCUT2D eigenvalue weighted by molar-refractivity contribution is 7.98. The minimum absolute atomic E-state index is 0.000169. The van der Waals surface area contributed by atoms with Crippen LogP contribution in [0.1, 0.15) is 40.5 Å². The first-order valence-electron chi connectivity index (χ1n) is 9.70. The molecule has 3 rings (SSSR count). The monoisotopic (exact) mass is 440 g/mol. The average molecular weight is 441 g/mol. The minimum atomic E-state index is -0.744. The van der Waals surface area contributed by atoms with Crippen LogP contribution in [0.15, 0.2) is 62.6 Å². The van der Waals surface area contributed by atoms with E-state index in [4.69, 9.17) is 9.15 Å². The molecule has 2 aromatic carbocycles. The molecule has 0 amide bonds. The number of benzene rings is 2. The lowest BCUT2D eigenvalue weighted by Crippen LogP contribution is -2.14. The van der Waals surface area contributed by atoms with Crippen LogP contribution in [-0.4, -0.2) is 23.3 Å². The predicted molar refractivity (Wildman–Crippen MR) is 119 cm³/mol. The van der Waals surface area contributed by atoms with Gasteiger partial charge >= 0.3 is 5.97 Å². The van der Waals surface area contributed by atoms with Gasteiger partial charge in [0, 0.05) is 11.0 Å². The van der Waals surface area contributed by atoms with E-state index in [1.807, 2.05) is 26.0 Å². The third-order valence-electron chi connectivity index (χ3n) is 4.91. The average Bonchev–Trinajstić information content (AvgIpc) is 2.74. The van der Waals surface area contributed by atoms with Gasteiger partial charge in [-0.1, -0.05) is 29.8 Å². The van der Waals surface area contributed by atoms with E-state index in [0.717, 1.165) is 10.5 Å². The number of carbonyl (C=O) groups excluding carboxylic acids is 1. The van der Waals surface area contributed by atoms with Crippen molar-refractivity contribution in [2.75, 3.05) is 7.11 Å². The zero-order chi connectivity index (χ0) is 22.5. The van der Waals surface area contributed by atoms with Crippen LogP contribution in [0.2, 0.25) is 0 Å². The fourth-order valence-corrected chi connectivity index (χ4v) is 4.18. The van der Waals surface area contributed by atoms with Crippen LogP contribution in [0.3, 0.4) is 0 Å². The van der Waals surface area contributed by atoms with E-state index in [2.05, 4.69) is 6.07 Å². The van der Waals surface area contributed by atoms with Gasteiger partial charge in [0.1, 0.15) is 11.5 Å². The summed E-state index contributed by atoms with van der Waals surface area (Å²) in [5.74, 6) is -0.974. The molecule has 0 fully saturated rings. The Hall–Kier alpha value is -3.19. The summed E-state index contributed by atoms with van der Waals surface area (Å²) >= 11 is 1.52. The first-order chi connectivity index (χ1) is 14.8. The smallest absolute Gasteiger partial charge is 0.306 e. The summed E-state index contributed by atoms with van der Waals surface area (Å²) in [4.78, 5) is 25.5. The normalized spacial score (nSPS) is 11.8. The van der Waals surface area contributed by atoms with E-state index in [-0.39, 0.29) is 17.9 Å². The van der Waals surface area contributed by atoms with Crippen LogP contribution in [0.25, 0.3) is 0 Å². The van der Waals surface area contributed by atoms with Crippen LogP contribution >= 0.6 is 11.8 Å². The number of methoxy groups -OCH3 is 1. The van der Waals surface area contributed by atoms with Crippen molar-refractivity contribution in [3.8, 4) is 11.5 Å². The maximum absolute atomic E-state index is 12.5. The number of hydrogen-bond donors (Lipinski definition) is 2. The lowest BCUT2D eigenvalue weighted by Gasteiger charge is -2.17. The molecule has 0 radical (unpaired) electrons. The topological polar surface area (TPSA) is 97.0 Å². The maximum atomic E-state index is 12.5. The SMILES string of the molecule is COC(=O)C[C@H](c1ccc(O)cc1)c1oc(CSc2ccc(C)cc2C)cc(=O)c1O. The van der Waals surface area contributed by atoms with E-state index in [1.165, 1.54) is 42.6 Å². The summed E-state index contributed by atoms with van der Waals surface area (Å²) in [6, 6.07) is 13.5. The number of carbonyl (C=O) groups is 1. The second-order valence-corrected chi connectivity index (χ2v) is 8.29. The molecule has 7 heteroatoms. The van der Waals surface area contributed by atoms with Crippen LogP contribution in [-0.2, 0) is 15.3 Å². The van der Waals surface area contributed by atoms with Gasteiger partial charge in [-0.15, -0.1) is 11.8 Å². The lowest BCUT2D eigenvalue weighted by molar-refractivity contribution is -0.140. The lowest BCUT2D eigenvalue weighted by atomic mass is 9.92. The molecular weight excluding hydrogens is 416 g/mol. The molecule has 1 atom stereocenters. The first kappa shape index (κ1) is 22.5. The summed E-state index contributed by atoms with van der Waals surface area (Å²) in [6.07, 6.45) is -0.133. The number of rotatable bonds is 7. The Morgan fingerprint density at radius 1 is 1.10 bits per heavy atom. The molecule has 31 heavy (non-hydrogen) atoms. The van der Waals surface area contributed by atoms with E-state index in [1.54, 1.807) is 12.1 Å². The van der Waals surface area contributed by atoms with Gasteiger partial charge in [0.05, 0.1) is 25.2 Å². The Balaban J connectivity index is 1.97. The van der Waals surface area contributed by atoms with Crippen LogP contribution in [0, 0.1) is 13.8 Å². The standard InChI is InChI=1S/C24H24O6S/c1-14-4-9-21(15(2)10-14)31-13-18-11-20(26)23(28)24(30-18)19(12-22(27)29-3)16-5-7-17(25)8-6-16/h4-11,19,25,28H,12-13H2,1-3H3/t19-/m1/s1. The van der Waals surface area contributed by atoms with E-state index >= 15 is 0 Å². The minimum Gasteiger partial charge on any atom is -0.508 e. The Morgan fingerprint density at radius 3 is 2.45 bits per heavy atom. The van der Waals surface area contributed by atoms with Gasteiger partial charge in [0.15, 0.2) is 5.76 Å². The number of aromatic hydroxyl groups is 2. The Kier molecular flexibility index (Phi) is 7.07. The molecule has 1 aromatic heterocycles. The van der Waals surface area contributed by atoms with Crippen molar-refractivity contribution in [3.63, 3.8) is 0 Å². The van der Waals surface area contributed by atoms with Crippen molar-refractivity contribution < 1.29 is 24.2 Å². The van der Waals surface area contributed by atoms with Gasteiger partial charge in [-0.05, 0) is 43.2 Å². The quantitative estimate of drug-likeness (QED) is 0.407. The Labute approximate surface area is 184 Å². The van der Waals surface area contributed by atoms with Crippen molar-refractivity contribution in [1.82, 2.24) is 0 Å². The third-order valence-corrected chi connectivity index (χ3v) is 6.11. The number of thioether (sulfide) groups is 1. The molecule has 1 heterocycles. The highest BCUT2D eigenvalue weighted by Gasteiger charge is 2.26. The fraction of sp³-hybridized carbons (Fsp3) is 0.250. The van der Waals surface area contributed by atoms with Crippen molar-refractivity contribution in [2.24, 2.45) is 0 Å². The molecule has 6 nitrogen and oxygen atoms in total. The van der Waals surface area contributed by atoms with Gasteiger partial charge in [-0.2, -0.15) is 0 Å². The number of ether oxygens (including phenoxy) is 1. The molecule has 162 valence electrons. The van der Waals surface area contributed by atoms with E-state index in [9.17, 15) is 19.8 Å². The van der Waals surface area contributed by atoms with Crippen molar-refractivity contribution in [1.29, 1.82) is 0 Å². The second-order valence-electron chi connectivity index (χ2n) is 7.27. The molecule has 0 unspecified atom stereocenters. The number of aryl methyl sites for hydroxylation is 2. The summed E-state index contributed by atoms with van der Waals surface area (Å²) in [5, 5.41) is 20.0. The van der Waals surface area contributed by atoms with E-state index in [0.29, 0.717) is 17.1 Å². The predicted octanol–water partition coefficient (Wildman–Crippen LogP) is 4.66. The largest absolute Gasteiger partial charge is 0.508 e. The summed E-state index contributed by atoms with van der Waals surface area (Å²) < 4.78 is 10.7. The van der Waals surface area contributed by atoms with Gasteiger partial charge < -0.3 is 19.4 Å². The zero-order valence-corrected chi connectivity index (χ0v) is 18.4. The van der Waals surface area contributed by atoms with Crippen LogP contribution in [0.4, 0.5) is 0 Å². The summed E-state index contributed by atoms with van der Waals surface area (Å²) in [6.45, 7) is 4.04. The van der Waals surface area contributed by atoms with Gasteiger partial charge in [-0.25, -0.2) is 0 Å². The number of hydrogen-bond acceptors (Lipinski definition) is 7. The van der Waals surface area contributed by atoms with Gasteiger partial charge in [0.25, 0.3) is 0 Å². The fourth-order valence-electron chi connectivity index (χ4n) is 3.29. The molecule has 0 aliphatic heterocycles. The Bertz CT molecular complexity index is 1130. The number of phenolic OH excluding ortho intramolecular Hbond substituents is 1. The van der Waals surface area contributed by atoms with Gasteiger partial charge in [-0.3, -0.25) is 9.59 Å². The highest BCUT2D eigenvalue weighted by atomic mass is 32.2. The molecule has 0 spiro atoms. The van der Waals surface area contributed by atoms with Crippen LogP contribution in [0.5, 0.6) is 11.5 Å². The van der Waals surface area contributed by atoms with E-state index < -0.39 is 23.1 Å². The zero-order valence-electron chi connectivity index (χ0n) is 17.5. The summed E-state index contributed by atoms with van der Waals surface area (Å²) in [7, 11) is 1.27. The molecular formula is C24H24O6S. The Morgan fingerprint density at radius 2 is 1.81 bits per heavy atom.